The van der Waals surface area contributed by atoms with Gasteiger partial charge in [0, 0.05) is 39.0 Å². The van der Waals surface area contributed by atoms with Gasteiger partial charge in [0.2, 0.25) is 0 Å². The molecule has 10 aromatic rings. The van der Waals surface area contributed by atoms with Gasteiger partial charge in [-0.2, -0.15) is 0 Å². The van der Waals surface area contributed by atoms with Crippen molar-refractivity contribution in [2.45, 2.75) is 0 Å². The first-order chi connectivity index (χ1) is 27.2. The van der Waals surface area contributed by atoms with E-state index in [9.17, 15) is 0 Å². The number of aromatic nitrogens is 2. The maximum Gasteiger partial charge on any atom is 0.0710 e. The smallest absolute Gasteiger partial charge is 0.0710 e. The number of nitrogens with one attached hydrogen (secondary N) is 2. The zero-order chi connectivity index (χ0) is 36.7. The van der Waals surface area contributed by atoms with Crippen LogP contribution in [0.1, 0.15) is 5.56 Å². The Morgan fingerprint density at radius 1 is 0.400 bits per heavy atom. The van der Waals surface area contributed by atoms with E-state index in [0.717, 1.165) is 44.5 Å². The molecular formula is C51H36N4. The Labute approximate surface area is 319 Å². The second kappa shape index (κ2) is 13.5. The van der Waals surface area contributed by atoms with Gasteiger partial charge in [0.15, 0.2) is 0 Å². The van der Waals surface area contributed by atoms with Crippen LogP contribution < -0.4 is 5.43 Å². The lowest BCUT2D eigenvalue weighted by molar-refractivity contribution is 1.05. The molecule has 0 bridgehead atoms. The maximum atomic E-state index is 9.15. The minimum absolute atomic E-state index is 0.425. The maximum absolute atomic E-state index is 9.15. The summed E-state index contributed by atoms with van der Waals surface area (Å²) in [5, 5.41) is 14.0. The Balaban J connectivity index is 1.00. The predicted octanol–water partition coefficient (Wildman–Crippen LogP) is 13.0. The summed E-state index contributed by atoms with van der Waals surface area (Å²) in [5.74, 6) is 0. The summed E-state index contributed by atoms with van der Waals surface area (Å²) in [5.41, 5.74) is 17.3. The van der Waals surface area contributed by atoms with Gasteiger partial charge in [0.25, 0.3) is 0 Å². The van der Waals surface area contributed by atoms with Gasteiger partial charge in [0.05, 0.1) is 27.8 Å². The van der Waals surface area contributed by atoms with E-state index in [-0.39, 0.29) is 0 Å². The second-order valence-corrected chi connectivity index (χ2v) is 13.9. The first-order valence-corrected chi connectivity index (χ1v) is 18.6. The Hall–Kier alpha value is -7.43. The third-order valence-corrected chi connectivity index (χ3v) is 10.6. The van der Waals surface area contributed by atoms with Crippen molar-refractivity contribution in [1.82, 2.24) is 9.24 Å². The van der Waals surface area contributed by atoms with Gasteiger partial charge in [0.1, 0.15) is 0 Å². The van der Waals surface area contributed by atoms with Crippen molar-refractivity contribution in [3.8, 4) is 39.1 Å². The molecule has 0 atom stereocenters. The van der Waals surface area contributed by atoms with E-state index in [2.05, 4.69) is 197 Å². The molecule has 260 valence electrons. The van der Waals surface area contributed by atoms with E-state index in [1.165, 1.54) is 43.7 Å². The van der Waals surface area contributed by atoms with Gasteiger partial charge in [-0.3, -0.25) is 4.68 Å². The molecule has 0 fully saturated rings. The van der Waals surface area contributed by atoms with Crippen LogP contribution in [0.2, 0.25) is 0 Å². The minimum atomic E-state index is 0.425. The van der Waals surface area contributed by atoms with Crippen LogP contribution in [-0.2, 0) is 0 Å². The van der Waals surface area contributed by atoms with Crippen molar-refractivity contribution in [2.75, 3.05) is 5.43 Å². The van der Waals surface area contributed by atoms with E-state index in [4.69, 9.17) is 5.41 Å². The highest BCUT2D eigenvalue weighted by Gasteiger charge is 2.15. The topological polar surface area (TPSA) is 45.7 Å². The Morgan fingerprint density at radius 3 is 1.51 bits per heavy atom. The standard InChI is InChI=1S/C51H36N4/c52-47(41-31-39(35-14-4-1-5-15-35)30-40(32-41)36-16-6-2-7-17-36)28-29-53-55-50-23-13-11-21-44(50)46-34-38(25-27-51(46)55)37-24-26-49-45(33-37)43-20-10-12-22-48(43)54(49)42-18-8-3-9-19-42/h1-34,52-53H/b29-28-,52-47?. The zero-order valence-corrected chi connectivity index (χ0v) is 30.0. The molecule has 0 saturated carbocycles. The fourth-order valence-electron chi connectivity index (χ4n) is 7.97. The van der Waals surface area contributed by atoms with Gasteiger partial charge in [-0.25, -0.2) is 0 Å². The van der Waals surface area contributed by atoms with Crippen LogP contribution in [0, 0.1) is 5.41 Å². The highest BCUT2D eigenvalue weighted by molar-refractivity contribution is 6.12. The Morgan fingerprint density at radius 2 is 0.873 bits per heavy atom. The van der Waals surface area contributed by atoms with Crippen LogP contribution in [0.25, 0.3) is 82.7 Å². The van der Waals surface area contributed by atoms with E-state index < -0.39 is 0 Å². The van der Waals surface area contributed by atoms with Crippen LogP contribution in [0.4, 0.5) is 0 Å². The number of benzene rings is 8. The van der Waals surface area contributed by atoms with Crippen molar-refractivity contribution < 1.29 is 0 Å². The van der Waals surface area contributed by atoms with Crippen molar-refractivity contribution in [3.63, 3.8) is 0 Å². The summed E-state index contributed by atoms with van der Waals surface area (Å²) in [6.45, 7) is 0. The van der Waals surface area contributed by atoms with Crippen LogP contribution in [0.5, 0.6) is 0 Å². The molecule has 0 aliphatic rings. The van der Waals surface area contributed by atoms with Gasteiger partial charge in [-0.05, 0) is 106 Å². The first-order valence-electron chi connectivity index (χ1n) is 18.6. The molecule has 0 saturated heterocycles. The predicted molar refractivity (Wildman–Crippen MR) is 232 cm³/mol. The number of hydrogen-bond donors (Lipinski definition) is 2. The lowest BCUT2D eigenvalue weighted by atomic mass is 9.94. The molecule has 0 aliphatic carbocycles. The van der Waals surface area contributed by atoms with Gasteiger partial charge >= 0.3 is 0 Å². The number of allylic oxidation sites excluding steroid dienone is 1. The van der Waals surface area contributed by atoms with Crippen LogP contribution in [0.3, 0.4) is 0 Å². The van der Waals surface area contributed by atoms with Crippen LogP contribution >= 0.6 is 0 Å². The molecule has 8 aromatic carbocycles. The van der Waals surface area contributed by atoms with Gasteiger partial charge < -0.3 is 15.4 Å². The highest BCUT2D eigenvalue weighted by Crippen LogP contribution is 2.37. The summed E-state index contributed by atoms with van der Waals surface area (Å²) in [4.78, 5) is 0. The second-order valence-electron chi connectivity index (χ2n) is 13.9. The van der Waals surface area contributed by atoms with Gasteiger partial charge in [-0.15, -0.1) is 0 Å². The van der Waals surface area contributed by atoms with Crippen molar-refractivity contribution in [1.29, 1.82) is 5.41 Å². The van der Waals surface area contributed by atoms with Crippen molar-refractivity contribution >= 4 is 49.3 Å². The monoisotopic (exact) mass is 704 g/mol. The molecule has 4 nitrogen and oxygen atoms in total. The average molecular weight is 705 g/mol. The molecule has 10 rings (SSSR count). The molecular weight excluding hydrogens is 669 g/mol. The molecule has 4 heteroatoms. The van der Waals surface area contributed by atoms with Crippen molar-refractivity contribution in [3.05, 3.63) is 212 Å². The van der Waals surface area contributed by atoms with E-state index in [0.29, 0.717) is 5.71 Å². The Bertz CT molecular complexity index is 3000. The van der Waals surface area contributed by atoms with Crippen molar-refractivity contribution in [2.24, 2.45) is 0 Å². The lowest BCUT2D eigenvalue weighted by Gasteiger charge is -2.11. The fraction of sp³-hybridized carbons (Fsp3) is 0. The largest absolute Gasteiger partial charge is 0.309 e. The van der Waals surface area contributed by atoms with Gasteiger partial charge in [-0.1, -0.05) is 127 Å². The molecule has 0 radical (unpaired) electrons. The van der Waals surface area contributed by atoms with E-state index >= 15 is 0 Å². The molecule has 55 heavy (non-hydrogen) atoms. The molecule has 2 heterocycles. The molecule has 0 spiro atoms. The summed E-state index contributed by atoms with van der Waals surface area (Å²) in [6, 6.07) is 68.4. The van der Waals surface area contributed by atoms with E-state index in [1.54, 1.807) is 0 Å². The first kappa shape index (κ1) is 32.2. The Kier molecular flexibility index (Phi) is 7.93. The highest BCUT2D eigenvalue weighted by atomic mass is 15.4. The molecule has 0 aliphatic heterocycles. The summed E-state index contributed by atoms with van der Waals surface area (Å²) >= 11 is 0. The average Bonchev–Trinajstić information content (AvgIpc) is 3.76. The SMILES string of the molecule is N=C(/C=C\Nn1c2ccccc2c2cc(-c3ccc4c(c3)c3ccccc3n4-c3ccccc3)ccc21)c1cc(-c2ccccc2)cc(-c2ccccc2)c1. The normalized spacial score (nSPS) is 11.6. The number of rotatable bonds is 8. The zero-order valence-electron chi connectivity index (χ0n) is 30.0. The fourth-order valence-corrected chi connectivity index (χ4v) is 7.97. The summed E-state index contributed by atoms with van der Waals surface area (Å²) in [6.07, 6.45) is 3.71. The van der Waals surface area contributed by atoms with Crippen LogP contribution in [-0.4, -0.2) is 15.0 Å². The quantitative estimate of drug-likeness (QED) is 0.152. The summed E-state index contributed by atoms with van der Waals surface area (Å²) < 4.78 is 4.47. The minimum Gasteiger partial charge on any atom is -0.309 e. The number of para-hydroxylation sites is 3. The van der Waals surface area contributed by atoms with E-state index in [1.807, 2.05) is 24.4 Å². The molecule has 0 unspecified atom stereocenters. The number of hydrogen-bond acceptors (Lipinski definition) is 2. The molecule has 2 N–H and O–H groups in total. The molecule has 0 amide bonds. The molecule has 2 aromatic heterocycles. The van der Waals surface area contributed by atoms with Crippen LogP contribution in [0.15, 0.2) is 206 Å². The summed E-state index contributed by atoms with van der Waals surface area (Å²) in [7, 11) is 0. The number of fused-ring (bicyclic) bond motifs is 6. The third kappa shape index (κ3) is 5.77. The third-order valence-electron chi connectivity index (χ3n) is 10.6. The number of nitrogens with zero attached hydrogens (tertiary/aromatic N) is 2. The lowest BCUT2D eigenvalue weighted by Crippen LogP contribution is -2.08.